The summed E-state index contributed by atoms with van der Waals surface area (Å²) in [5.74, 6) is 0.322. The number of esters is 1. The van der Waals surface area contributed by atoms with E-state index in [0.29, 0.717) is 12.3 Å². The number of nitrogens with one attached hydrogen (secondary N) is 1. The molecule has 1 rings (SSSR count). The van der Waals surface area contributed by atoms with Crippen LogP contribution in [0.5, 0.6) is 0 Å². The molecule has 5 heteroatoms. The summed E-state index contributed by atoms with van der Waals surface area (Å²) < 4.78 is 9.76. The lowest BCUT2D eigenvalue weighted by atomic mass is 10.2. The fourth-order valence-electron chi connectivity index (χ4n) is 1.01. The molecule has 0 atom stereocenters. The number of carbonyl (C=O) groups is 1. The number of hydrogen-bond donors (Lipinski definition) is 1. The maximum Gasteiger partial charge on any atom is 0.373 e. The van der Waals surface area contributed by atoms with Crippen molar-refractivity contribution in [1.82, 2.24) is 5.48 Å². The van der Waals surface area contributed by atoms with Crippen LogP contribution in [0.3, 0.4) is 0 Å². The Balaban J connectivity index is 2.44. The zero-order chi connectivity index (χ0) is 12.2. The molecule has 0 saturated heterocycles. The van der Waals surface area contributed by atoms with E-state index in [2.05, 4.69) is 10.2 Å². The molecule has 0 aliphatic carbocycles. The highest BCUT2D eigenvalue weighted by atomic mass is 16.7. The molecular weight excluding hydrogens is 210 g/mol. The summed E-state index contributed by atoms with van der Waals surface area (Å²) in [4.78, 5) is 16.4. The highest BCUT2D eigenvalue weighted by molar-refractivity contribution is 5.86. The second kappa shape index (κ2) is 5.14. The summed E-state index contributed by atoms with van der Waals surface area (Å²) in [6.07, 6.45) is 0. The maximum atomic E-state index is 11.1. The molecule has 0 fully saturated rings. The van der Waals surface area contributed by atoms with E-state index in [4.69, 9.17) is 9.25 Å². The van der Waals surface area contributed by atoms with Crippen LogP contribution in [0, 0.1) is 0 Å². The molecule has 0 unspecified atom stereocenters. The first-order valence-electron chi connectivity index (χ1n) is 5.00. The first kappa shape index (κ1) is 12.7. The molecule has 1 N–H and O–H groups in total. The van der Waals surface area contributed by atoms with Gasteiger partial charge < -0.3 is 9.15 Å². The van der Waals surface area contributed by atoms with Gasteiger partial charge in [-0.1, -0.05) is 0 Å². The van der Waals surface area contributed by atoms with Gasteiger partial charge in [-0.3, -0.25) is 4.84 Å². The van der Waals surface area contributed by atoms with Crippen LogP contribution in [0.15, 0.2) is 16.5 Å². The molecule has 0 radical (unpaired) electrons. The third kappa shape index (κ3) is 4.04. The quantitative estimate of drug-likeness (QED) is 0.628. The highest BCUT2D eigenvalue weighted by Crippen LogP contribution is 2.10. The van der Waals surface area contributed by atoms with E-state index in [-0.39, 0.29) is 11.4 Å². The fourth-order valence-corrected chi connectivity index (χ4v) is 1.01. The average Bonchev–Trinajstić information content (AvgIpc) is 2.63. The molecule has 0 spiro atoms. The number of ether oxygens (including phenoxy) is 1. The fraction of sp³-hybridized carbons (Fsp3) is 0.545. The van der Waals surface area contributed by atoms with Crippen molar-refractivity contribution in [3.63, 3.8) is 0 Å². The third-order valence-corrected chi connectivity index (χ3v) is 1.67. The van der Waals surface area contributed by atoms with Crippen molar-refractivity contribution in [2.45, 2.75) is 32.9 Å². The number of hydrogen-bond acceptors (Lipinski definition) is 5. The molecule has 0 amide bonds. The minimum atomic E-state index is -0.483. The molecule has 0 aromatic carbocycles. The topological polar surface area (TPSA) is 60.7 Å². The number of methoxy groups -OCH3 is 1. The Kier molecular flexibility index (Phi) is 4.09. The van der Waals surface area contributed by atoms with Gasteiger partial charge in [0.1, 0.15) is 5.76 Å². The molecule has 0 saturated carbocycles. The molecule has 1 aromatic rings. The van der Waals surface area contributed by atoms with Crippen molar-refractivity contribution in [3.8, 4) is 0 Å². The van der Waals surface area contributed by atoms with Crippen molar-refractivity contribution in [3.05, 3.63) is 23.7 Å². The summed E-state index contributed by atoms with van der Waals surface area (Å²) in [6, 6.07) is 3.27. The molecule has 90 valence electrons. The summed E-state index contributed by atoms with van der Waals surface area (Å²) in [5.41, 5.74) is 2.50. The minimum absolute atomic E-state index is 0.190. The van der Waals surface area contributed by atoms with Crippen molar-refractivity contribution >= 4 is 5.97 Å². The Morgan fingerprint density at radius 3 is 2.69 bits per heavy atom. The summed E-state index contributed by atoms with van der Waals surface area (Å²) >= 11 is 0. The standard InChI is InChI=1S/C11H17NO4/c1-11(2,3)16-12-7-8-5-6-9(15-8)10(13)14-4/h5-6,12H,7H2,1-4H3. The number of carbonyl (C=O) groups excluding carboxylic acids is 1. The second-order valence-electron chi connectivity index (χ2n) is 4.29. The van der Waals surface area contributed by atoms with Gasteiger partial charge in [-0.05, 0) is 32.9 Å². The second-order valence-corrected chi connectivity index (χ2v) is 4.29. The van der Waals surface area contributed by atoms with Crippen LogP contribution in [0.25, 0.3) is 0 Å². The van der Waals surface area contributed by atoms with Gasteiger partial charge in [0.05, 0.1) is 19.3 Å². The van der Waals surface area contributed by atoms with Gasteiger partial charge in [0, 0.05) is 0 Å². The SMILES string of the molecule is COC(=O)c1ccc(CNOC(C)(C)C)o1. The van der Waals surface area contributed by atoms with E-state index in [0.717, 1.165) is 0 Å². The van der Waals surface area contributed by atoms with Gasteiger partial charge >= 0.3 is 5.97 Å². The number of furan rings is 1. The van der Waals surface area contributed by atoms with Crippen LogP contribution >= 0.6 is 0 Å². The van der Waals surface area contributed by atoms with E-state index in [1.807, 2.05) is 20.8 Å². The smallest absolute Gasteiger partial charge is 0.373 e. The number of hydroxylamine groups is 1. The van der Waals surface area contributed by atoms with Crippen LogP contribution in [-0.2, 0) is 16.1 Å². The normalized spacial score (nSPS) is 11.5. The van der Waals surface area contributed by atoms with Gasteiger partial charge in [0.15, 0.2) is 0 Å². The Hall–Kier alpha value is -1.33. The van der Waals surface area contributed by atoms with Crippen molar-refractivity contribution in [2.75, 3.05) is 7.11 Å². The van der Waals surface area contributed by atoms with Crippen LogP contribution in [0.2, 0.25) is 0 Å². The predicted molar refractivity (Wildman–Crippen MR) is 57.7 cm³/mol. The third-order valence-electron chi connectivity index (χ3n) is 1.67. The van der Waals surface area contributed by atoms with Crippen LogP contribution in [-0.4, -0.2) is 18.7 Å². The van der Waals surface area contributed by atoms with Gasteiger partial charge in [-0.15, -0.1) is 0 Å². The van der Waals surface area contributed by atoms with E-state index >= 15 is 0 Å². The monoisotopic (exact) mass is 227 g/mol. The molecule has 1 heterocycles. The summed E-state index contributed by atoms with van der Waals surface area (Å²) in [6.45, 7) is 6.19. The number of rotatable bonds is 4. The summed E-state index contributed by atoms with van der Waals surface area (Å²) in [5, 5.41) is 0. The van der Waals surface area contributed by atoms with E-state index in [9.17, 15) is 4.79 Å². The predicted octanol–water partition coefficient (Wildman–Crippen LogP) is 1.89. The first-order valence-corrected chi connectivity index (χ1v) is 5.00. The average molecular weight is 227 g/mol. The molecule has 0 bridgehead atoms. The Morgan fingerprint density at radius 1 is 1.44 bits per heavy atom. The molecule has 0 aliphatic heterocycles. The first-order chi connectivity index (χ1) is 7.42. The van der Waals surface area contributed by atoms with Gasteiger partial charge in [-0.25, -0.2) is 4.79 Å². The lowest BCUT2D eigenvalue weighted by Gasteiger charge is -2.18. The van der Waals surface area contributed by atoms with Gasteiger partial charge in [0.25, 0.3) is 0 Å². The highest BCUT2D eigenvalue weighted by Gasteiger charge is 2.13. The Morgan fingerprint density at radius 2 is 2.12 bits per heavy atom. The lowest BCUT2D eigenvalue weighted by molar-refractivity contribution is -0.0776. The van der Waals surface area contributed by atoms with Crippen LogP contribution in [0.1, 0.15) is 37.1 Å². The van der Waals surface area contributed by atoms with Crippen molar-refractivity contribution in [1.29, 1.82) is 0 Å². The molecular formula is C11H17NO4. The molecule has 16 heavy (non-hydrogen) atoms. The molecule has 5 nitrogen and oxygen atoms in total. The van der Waals surface area contributed by atoms with Gasteiger partial charge in [0.2, 0.25) is 5.76 Å². The van der Waals surface area contributed by atoms with E-state index < -0.39 is 5.97 Å². The molecule has 1 aromatic heterocycles. The van der Waals surface area contributed by atoms with Crippen LogP contribution in [0.4, 0.5) is 0 Å². The Bertz CT molecular complexity index is 351. The lowest BCUT2D eigenvalue weighted by Crippen LogP contribution is -2.28. The Labute approximate surface area is 94.7 Å². The zero-order valence-electron chi connectivity index (χ0n) is 9.99. The van der Waals surface area contributed by atoms with Crippen molar-refractivity contribution in [2.24, 2.45) is 0 Å². The summed E-state index contributed by atoms with van der Waals surface area (Å²) in [7, 11) is 1.31. The van der Waals surface area contributed by atoms with Gasteiger partial charge in [-0.2, -0.15) is 5.48 Å². The zero-order valence-corrected chi connectivity index (χ0v) is 9.99. The van der Waals surface area contributed by atoms with E-state index in [1.54, 1.807) is 12.1 Å². The van der Waals surface area contributed by atoms with Crippen molar-refractivity contribution < 1.29 is 18.8 Å². The minimum Gasteiger partial charge on any atom is -0.463 e. The van der Waals surface area contributed by atoms with E-state index in [1.165, 1.54) is 7.11 Å². The largest absolute Gasteiger partial charge is 0.463 e. The maximum absolute atomic E-state index is 11.1. The van der Waals surface area contributed by atoms with Crippen LogP contribution < -0.4 is 5.48 Å². The molecule has 0 aliphatic rings.